The van der Waals surface area contributed by atoms with Gasteiger partial charge >= 0.3 is 0 Å². The van der Waals surface area contributed by atoms with Crippen LogP contribution in [0.4, 0.5) is 5.69 Å². The molecular weight excluding hydrogens is 362 g/mol. The molecule has 0 atom stereocenters. The highest BCUT2D eigenvalue weighted by Crippen LogP contribution is 2.16. The Bertz CT molecular complexity index is 683. The molecule has 0 spiro atoms. The van der Waals surface area contributed by atoms with Crippen LogP contribution in [0, 0.1) is 13.8 Å². The molecule has 0 heterocycles. The van der Waals surface area contributed by atoms with Crippen molar-refractivity contribution in [1.82, 2.24) is 5.43 Å². The number of nitrogens with zero attached hydrogens (tertiary/aromatic N) is 1. The van der Waals surface area contributed by atoms with Crippen molar-refractivity contribution in [1.29, 1.82) is 0 Å². The molecule has 5 heteroatoms. The molecule has 0 bridgehead atoms. The Labute approximate surface area is 175 Å². The number of anilines is 1. The summed E-state index contributed by atoms with van der Waals surface area (Å²) in [6.45, 7) is 4.05. The molecule has 0 aromatic heterocycles. The third kappa shape index (κ3) is 9.73. The fourth-order valence-corrected chi connectivity index (χ4v) is 3.60. The number of benzene rings is 1. The Morgan fingerprint density at radius 1 is 0.793 bits per heavy atom. The van der Waals surface area contributed by atoms with E-state index < -0.39 is 0 Å². The van der Waals surface area contributed by atoms with E-state index in [1.165, 1.54) is 50.5 Å². The molecule has 5 nitrogen and oxygen atoms in total. The van der Waals surface area contributed by atoms with Gasteiger partial charge in [-0.25, -0.2) is 5.43 Å². The Morgan fingerprint density at radius 2 is 1.34 bits per heavy atom. The lowest BCUT2D eigenvalue weighted by atomic mass is 10.00. The summed E-state index contributed by atoms with van der Waals surface area (Å²) in [6.07, 6.45) is 13.7. The van der Waals surface area contributed by atoms with Gasteiger partial charge in [0, 0.05) is 24.2 Å². The predicted molar refractivity (Wildman–Crippen MR) is 120 cm³/mol. The zero-order valence-corrected chi connectivity index (χ0v) is 18.2. The summed E-state index contributed by atoms with van der Waals surface area (Å²) in [4.78, 5) is 24.2. The molecule has 1 aromatic carbocycles. The molecule has 160 valence electrons. The minimum absolute atomic E-state index is 0.146. The summed E-state index contributed by atoms with van der Waals surface area (Å²) in [5.74, 6) is -0.346. The molecule has 29 heavy (non-hydrogen) atoms. The summed E-state index contributed by atoms with van der Waals surface area (Å²) in [5, 5.41) is 7.23. The summed E-state index contributed by atoms with van der Waals surface area (Å²) < 4.78 is 0. The van der Waals surface area contributed by atoms with Crippen molar-refractivity contribution in [3.63, 3.8) is 0 Å². The van der Waals surface area contributed by atoms with Gasteiger partial charge in [-0.1, -0.05) is 51.0 Å². The van der Waals surface area contributed by atoms with Crippen LogP contribution in [0.1, 0.15) is 94.6 Å². The fourth-order valence-electron chi connectivity index (χ4n) is 3.60. The fraction of sp³-hybridized carbons (Fsp3) is 0.625. The number of carbonyl (C=O) groups is 2. The average molecular weight is 400 g/mol. The predicted octanol–water partition coefficient (Wildman–Crippen LogP) is 5.80. The monoisotopic (exact) mass is 399 g/mol. The van der Waals surface area contributed by atoms with Crippen LogP contribution >= 0.6 is 0 Å². The van der Waals surface area contributed by atoms with Gasteiger partial charge in [0.1, 0.15) is 0 Å². The van der Waals surface area contributed by atoms with Crippen LogP contribution in [0.15, 0.2) is 23.3 Å². The lowest BCUT2D eigenvalue weighted by Gasteiger charge is -2.10. The third-order valence-corrected chi connectivity index (χ3v) is 5.64. The maximum absolute atomic E-state index is 12.1. The molecule has 0 saturated heterocycles. The van der Waals surface area contributed by atoms with Crippen molar-refractivity contribution in [3.8, 4) is 0 Å². The van der Waals surface area contributed by atoms with E-state index >= 15 is 0 Å². The Hall–Kier alpha value is -2.17. The SMILES string of the molecule is Cc1ccc(NC(=O)CCC(=O)NN=C2CCCCCCCCCCC2)cc1C. The van der Waals surface area contributed by atoms with E-state index in [-0.39, 0.29) is 24.7 Å². The number of amides is 2. The molecule has 1 aliphatic carbocycles. The second-order valence-corrected chi connectivity index (χ2v) is 8.24. The normalized spacial score (nSPS) is 16.3. The van der Waals surface area contributed by atoms with Crippen molar-refractivity contribution in [3.05, 3.63) is 29.3 Å². The van der Waals surface area contributed by atoms with E-state index in [0.717, 1.165) is 42.6 Å². The molecule has 1 fully saturated rings. The van der Waals surface area contributed by atoms with E-state index in [9.17, 15) is 9.59 Å². The molecule has 1 aliphatic rings. The Morgan fingerprint density at radius 3 is 1.93 bits per heavy atom. The number of nitrogens with one attached hydrogen (secondary N) is 2. The quantitative estimate of drug-likeness (QED) is 0.614. The zero-order valence-electron chi connectivity index (χ0n) is 18.2. The van der Waals surface area contributed by atoms with E-state index in [0.29, 0.717) is 0 Å². The standard InChI is InChI=1S/C24H37N3O2/c1-19-14-15-22(18-20(19)2)25-23(28)16-17-24(29)27-26-21-12-10-8-6-4-3-5-7-9-11-13-21/h14-15,18H,3-13,16-17H2,1-2H3,(H,25,28)(H,27,29). The maximum Gasteiger partial charge on any atom is 0.240 e. The van der Waals surface area contributed by atoms with Crippen molar-refractivity contribution < 1.29 is 9.59 Å². The molecular formula is C24H37N3O2. The van der Waals surface area contributed by atoms with Gasteiger partial charge in [0.2, 0.25) is 11.8 Å². The van der Waals surface area contributed by atoms with Crippen molar-refractivity contribution >= 4 is 23.2 Å². The second-order valence-electron chi connectivity index (χ2n) is 8.24. The molecule has 1 saturated carbocycles. The molecule has 0 aliphatic heterocycles. The smallest absolute Gasteiger partial charge is 0.240 e. The van der Waals surface area contributed by atoms with Crippen LogP contribution in [0.5, 0.6) is 0 Å². The number of carbonyl (C=O) groups excluding carboxylic acids is 2. The number of hydrogen-bond donors (Lipinski definition) is 2. The summed E-state index contributed by atoms with van der Waals surface area (Å²) >= 11 is 0. The second kappa shape index (κ2) is 13.1. The van der Waals surface area contributed by atoms with Gasteiger partial charge in [-0.05, 0) is 62.8 Å². The topological polar surface area (TPSA) is 70.6 Å². The minimum Gasteiger partial charge on any atom is -0.326 e. The van der Waals surface area contributed by atoms with Crippen molar-refractivity contribution in [2.75, 3.05) is 5.32 Å². The highest BCUT2D eigenvalue weighted by molar-refractivity contribution is 5.93. The molecule has 0 radical (unpaired) electrons. The van der Waals surface area contributed by atoms with Crippen LogP contribution in [0.25, 0.3) is 0 Å². The molecule has 0 unspecified atom stereocenters. The van der Waals surface area contributed by atoms with E-state index in [1.807, 2.05) is 32.0 Å². The number of hydrazone groups is 1. The Balaban J connectivity index is 1.74. The lowest BCUT2D eigenvalue weighted by Crippen LogP contribution is -2.22. The number of hydrogen-bond acceptors (Lipinski definition) is 3. The van der Waals surface area contributed by atoms with Crippen molar-refractivity contribution in [2.45, 2.75) is 97.3 Å². The van der Waals surface area contributed by atoms with Crippen LogP contribution in [0.3, 0.4) is 0 Å². The first-order valence-corrected chi connectivity index (χ1v) is 11.3. The maximum atomic E-state index is 12.1. The first-order valence-electron chi connectivity index (χ1n) is 11.3. The molecule has 2 rings (SSSR count). The van der Waals surface area contributed by atoms with Gasteiger partial charge in [-0.2, -0.15) is 5.10 Å². The van der Waals surface area contributed by atoms with Crippen LogP contribution < -0.4 is 10.7 Å². The number of rotatable bonds is 5. The average Bonchev–Trinajstić information content (AvgIpc) is 2.69. The number of aryl methyl sites for hydroxylation is 2. The Kier molecular flexibility index (Phi) is 10.5. The van der Waals surface area contributed by atoms with E-state index in [4.69, 9.17) is 0 Å². The third-order valence-electron chi connectivity index (χ3n) is 5.64. The van der Waals surface area contributed by atoms with E-state index in [1.54, 1.807) is 0 Å². The van der Waals surface area contributed by atoms with E-state index in [2.05, 4.69) is 15.8 Å². The van der Waals surface area contributed by atoms with Crippen LogP contribution in [-0.4, -0.2) is 17.5 Å². The van der Waals surface area contributed by atoms with Gasteiger partial charge < -0.3 is 5.32 Å². The van der Waals surface area contributed by atoms with Gasteiger partial charge in [-0.3, -0.25) is 9.59 Å². The first kappa shape index (κ1) is 23.1. The summed E-state index contributed by atoms with van der Waals surface area (Å²) in [7, 11) is 0. The van der Waals surface area contributed by atoms with Gasteiger partial charge in [0.25, 0.3) is 0 Å². The van der Waals surface area contributed by atoms with Crippen molar-refractivity contribution in [2.24, 2.45) is 5.10 Å². The molecule has 2 amide bonds. The van der Waals surface area contributed by atoms with Gasteiger partial charge in [0.15, 0.2) is 0 Å². The minimum atomic E-state index is -0.196. The van der Waals surface area contributed by atoms with Gasteiger partial charge in [0.05, 0.1) is 0 Å². The van der Waals surface area contributed by atoms with Crippen LogP contribution in [-0.2, 0) is 9.59 Å². The molecule has 2 N–H and O–H groups in total. The summed E-state index contributed by atoms with van der Waals surface area (Å²) in [6, 6.07) is 5.81. The van der Waals surface area contributed by atoms with Gasteiger partial charge in [-0.15, -0.1) is 0 Å². The lowest BCUT2D eigenvalue weighted by molar-refractivity contribution is -0.124. The first-order chi connectivity index (χ1) is 14.0. The highest BCUT2D eigenvalue weighted by atomic mass is 16.2. The largest absolute Gasteiger partial charge is 0.326 e. The zero-order chi connectivity index (χ0) is 20.9. The molecule has 1 aromatic rings. The highest BCUT2D eigenvalue weighted by Gasteiger charge is 2.09. The summed E-state index contributed by atoms with van der Waals surface area (Å²) in [5.41, 5.74) is 6.86. The van der Waals surface area contributed by atoms with Crippen LogP contribution in [0.2, 0.25) is 0 Å².